The summed E-state index contributed by atoms with van der Waals surface area (Å²) in [4.78, 5) is 5.71. The highest BCUT2D eigenvalue weighted by Gasteiger charge is 2.35. The molecule has 0 saturated carbocycles. The first kappa shape index (κ1) is 11.2. The minimum Gasteiger partial charge on any atom is -0.369 e. The molecule has 1 aromatic carbocycles. The average molecular weight is 308 g/mol. The Morgan fingerprint density at radius 3 is 2.78 bits per heavy atom. The van der Waals surface area contributed by atoms with E-state index in [0.29, 0.717) is 16.0 Å². The summed E-state index contributed by atoms with van der Waals surface area (Å²) >= 11 is 3.45. The third kappa shape index (κ3) is 1.59. The van der Waals surface area contributed by atoms with Crippen LogP contribution < -0.4 is 11.2 Å². The summed E-state index contributed by atoms with van der Waals surface area (Å²) in [6.07, 6.45) is -0.978. The predicted molar refractivity (Wildman–Crippen MR) is 72.3 cm³/mol. The average Bonchev–Trinajstić information content (AvgIpc) is 2.78. The Morgan fingerprint density at radius 2 is 2.06 bits per heavy atom. The number of aliphatic imine (C=N–C) groups is 1. The molecule has 0 saturated heterocycles. The van der Waals surface area contributed by atoms with E-state index in [0.717, 1.165) is 5.56 Å². The molecule has 2 aliphatic heterocycles. The number of aliphatic hydroxyl groups is 1. The van der Waals surface area contributed by atoms with Gasteiger partial charge in [0.15, 0.2) is 5.84 Å². The molecule has 0 aliphatic carbocycles. The van der Waals surface area contributed by atoms with Crippen LogP contribution >= 0.6 is 15.9 Å². The van der Waals surface area contributed by atoms with Gasteiger partial charge in [0.25, 0.3) is 0 Å². The van der Waals surface area contributed by atoms with Gasteiger partial charge < -0.3 is 10.8 Å². The van der Waals surface area contributed by atoms with E-state index in [9.17, 15) is 5.11 Å². The van der Waals surface area contributed by atoms with Crippen LogP contribution in [-0.2, 0) is 0 Å². The van der Waals surface area contributed by atoms with E-state index >= 15 is 0 Å². The lowest BCUT2D eigenvalue weighted by Gasteiger charge is -2.26. The van der Waals surface area contributed by atoms with Crippen LogP contribution in [0.2, 0.25) is 0 Å². The first-order valence-corrected chi connectivity index (χ1v) is 6.08. The topological polar surface area (TPSA) is 86.2 Å². The smallest absolute Gasteiger partial charge is 0.228 e. The van der Waals surface area contributed by atoms with Crippen LogP contribution in [0.5, 0.6) is 0 Å². The van der Waals surface area contributed by atoms with E-state index in [2.05, 4.69) is 31.4 Å². The number of nitrogens with zero attached hydrogens (tertiary/aromatic N) is 3. The fourth-order valence-corrected chi connectivity index (χ4v) is 2.44. The van der Waals surface area contributed by atoms with Crippen molar-refractivity contribution < 1.29 is 5.11 Å². The Labute approximate surface area is 112 Å². The lowest BCUT2D eigenvalue weighted by Crippen LogP contribution is -2.49. The molecule has 0 amide bonds. The number of amidine groups is 1. The quantitative estimate of drug-likeness (QED) is 0.708. The molecule has 0 aromatic heterocycles. The minimum absolute atomic E-state index is 0.202. The number of benzene rings is 1. The molecule has 2 heterocycles. The summed E-state index contributed by atoms with van der Waals surface area (Å²) in [5, 5.41) is 13.7. The first-order chi connectivity index (χ1) is 8.68. The number of aliphatic hydroxyl groups excluding tert-OH is 1. The molecular formula is C11H10BrN5O. The molecule has 0 fully saturated rings. The van der Waals surface area contributed by atoms with Gasteiger partial charge in [-0.05, 0) is 15.9 Å². The van der Waals surface area contributed by atoms with Crippen molar-refractivity contribution in [3.63, 3.8) is 0 Å². The maximum absolute atomic E-state index is 9.67. The normalized spacial score (nSPS) is 22.3. The minimum atomic E-state index is -0.978. The third-order valence-electron chi connectivity index (χ3n) is 2.68. The van der Waals surface area contributed by atoms with Crippen LogP contribution in [0.15, 0.2) is 44.9 Å². The number of hydrogen-bond acceptors (Lipinski definition) is 6. The van der Waals surface area contributed by atoms with Crippen molar-refractivity contribution in [2.24, 2.45) is 15.8 Å². The molecule has 18 heavy (non-hydrogen) atoms. The van der Waals surface area contributed by atoms with Crippen molar-refractivity contribution in [1.29, 1.82) is 0 Å². The van der Waals surface area contributed by atoms with Crippen molar-refractivity contribution >= 4 is 33.4 Å². The fraction of sp³-hybridized carbons (Fsp3) is 0.0909. The van der Waals surface area contributed by atoms with Gasteiger partial charge >= 0.3 is 0 Å². The summed E-state index contributed by atoms with van der Waals surface area (Å²) in [5.41, 5.74) is 10.00. The number of nitrogens with one attached hydrogen (secondary N) is 1. The summed E-state index contributed by atoms with van der Waals surface area (Å²) < 4.78 is 0.687. The van der Waals surface area contributed by atoms with Gasteiger partial charge in [0.1, 0.15) is 0 Å². The van der Waals surface area contributed by atoms with Crippen LogP contribution in [0.3, 0.4) is 0 Å². The van der Waals surface area contributed by atoms with Crippen molar-refractivity contribution in [2.75, 3.05) is 0 Å². The molecule has 1 atom stereocenters. The van der Waals surface area contributed by atoms with Crippen molar-refractivity contribution in [3.05, 3.63) is 40.4 Å². The van der Waals surface area contributed by atoms with E-state index in [1.807, 2.05) is 30.3 Å². The number of hydrazone groups is 1. The molecule has 6 nitrogen and oxygen atoms in total. The van der Waals surface area contributed by atoms with E-state index in [1.165, 1.54) is 4.90 Å². The van der Waals surface area contributed by atoms with Gasteiger partial charge in [-0.1, -0.05) is 30.3 Å². The van der Waals surface area contributed by atoms with Gasteiger partial charge in [-0.2, -0.15) is 5.10 Å². The van der Waals surface area contributed by atoms with Gasteiger partial charge in [-0.15, -0.1) is 0 Å². The van der Waals surface area contributed by atoms with Crippen LogP contribution in [0.25, 0.3) is 5.70 Å². The molecule has 1 unspecified atom stereocenters. The zero-order valence-corrected chi connectivity index (χ0v) is 10.8. The van der Waals surface area contributed by atoms with E-state index in [4.69, 9.17) is 5.73 Å². The molecule has 1 aromatic rings. The molecular weight excluding hydrogens is 298 g/mol. The number of fused-ring (bicyclic) bond motifs is 1. The summed E-state index contributed by atoms with van der Waals surface area (Å²) in [6, 6.07) is 9.64. The van der Waals surface area contributed by atoms with Crippen LogP contribution in [0, 0.1) is 0 Å². The van der Waals surface area contributed by atoms with Crippen LogP contribution in [-0.4, -0.2) is 28.2 Å². The summed E-state index contributed by atoms with van der Waals surface area (Å²) in [7, 11) is 0. The Bertz CT molecular complexity index is 580. The molecule has 0 radical (unpaired) electrons. The zero-order chi connectivity index (χ0) is 12.7. The van der Waals surface area contributed by atoms with Crippen LogP contribution in [0.1, 0.15) is 5.56 Å². The highest BCUT2D eigenvalue weighted by atomic mass is 79.9. The third-order valence-corrected chi connectivity index (χ3v) is 3.41. The summed E-state index contributed by atoms with van der Waals surface area (Å²) in [6.45, 7) is 0. The molecule has 4 N–H and O–H groups in total. The number of rotatable bonds is 1. The number of nitrogens with two attached hydrogens (primary N) is 1. The Kier molecular flexibility index (Phi) is 2.57. The van der Waals surface area contributed by atoms with Crippen molar-refractivity contribution in [2.45, 2.75) is 6.35 Å². The van der Waals surface area contributed by atoms with Gasteiger partial charge in [0.05, 0.1) is 10.2 Å². The Hall–Kier alpha value is -1.86. The second-order valence-electron chi connectivity index (χ2n) is 3.81. The largest absolute Gasteiger partial charge is 0.369 e. The highest BCUT2D eigenvalue weighted by molar-refractivity contribution is 9.12. The molecule has 7 heteroatoms. The number of hydrogen-bond donors (Lipinski definition) is 3. The maximum atomic E-state index is 9.67. The molecule has 0 bridgehead atoms. The molecule has 0 spiro atoms. The number of guanidine groups is 1. The van der Waals surface area contributed by atoms with Gasteiger partial charge in [-0.3, -0.25) is 5.43 Å². The molecule has 92 valence electrons. The second kappa shape index (κ2) is 4.11. The lowest BCUT2D eigenvalue weighted by molar-refractivity contribution is 0.0777. The SMILES string of the molecule is NC1=NC(c2ccccc2)=C(Br)C2=NNC(O)N12. The lowest BCUT2D eigenvalue weighted by atomic mass is 10.1. The first-order valence-electron chi connectivity index (χ1n) is 5.29. The van der Waals surface area contributed by atoms with Gasteiger partial charge in [-0.25, -0.2) is 9.89 Å². The molecule has 3 rings (SSSR count). The summed E-state index contributed by atoms with van der Waals surface area (Å²) in [5.74, 6) is 0.724. The Morgan fingerprint density at radius 1 is 1.33 bits per heavy atom. The Balaban J connectivity index is 2.12. The highest BCUT2D eigenvalue weighted by Crippen LogP contribution is 2.31. The zero-order valence-electron chi connectivity index (χ0n) is 9.21. The van der Waals surface area contributed by atoms with Gasteiger partial charge in [0, 0.05) is 5.56 Å². The number of halogens is 1. The van der Waals surface area contributed by atoms with Crippen molar-refractivity contribution in [3.8, 4) is 0 Å². The van der Waals surface area contributed by atoms with E-state index in [-0.39, 0.29) is 5.96 Å². The van der Waals surface area contributed by atoms with Crippen LogP contribution in [0.4, 0.5) is 0 Å². The maximum Gasteiger partial charge on any atom is 0.228 e. The fourth-order valence-electron chi connectivity index (χ4n) is 1.85. The van der Waals surface area contributed by atoms with E-state index in [1.54, 1.807) is 0 Å². The predicted octanol–water partition coefficient (Wildman–Crippen LogP) is 0.573. The molecule has 2 aliphatic rings. The standard InChI is InChI=1S/C11H10BrN5O/c12-7-8(6-4-2-1-3-5-6)14-10(13)17-9(7)15-16-11(17)18/h1-5,11,16,18H,(H2,13,14). The monoisotopic (exact) mass is 307 g/mol. The van der Waals surface area contributed by atoms with E-state index < -0.39 is 6.35 Å². The second-order valence-corrected chi connectivity index (χ2v) is 4.60. The van der Waals surface area contributed by atoms with Crippen molar-refractivity contribution in [1.82, 2.24) is 10.3 Å². The van der Waals surface area contributed by atoms with Gasteiger partial charge in [0.2, 0.25) is 12.3 Å².